The van der Waals surface area contributed by atoms with Crippen LogP contribution in [0.2, 0.25) is 0 Å². The van der Waals surface area contributed by atoms with Crippen molar-refractivity contribution in [1.29, 1.82) is 0 Å². The number of ether oxygens (including phenoxy) is 2. The molecule has 3 heterocycles. The van der Waals surface area contributed by atoms with Crippen LogP contribution in [0.4, 0.5) is 5.69 Å². The Labute approximate surface area is 170 Å². The van der Waals surface area contributed by atoms with Gasteiger partial charge in [0, 0.05) is 49.4 Å². The summed E-state index contributed by atoms with van der Waals surface area (Å²) in [5.41, 5.74) is 1.66. The molecule has 0 bridgehead atoms. The Bertz CT molecular complexity index is 916. The average Bonchev–Trinajstić information content (AvgIpc) is 3.34. The van der Waals surface area contributed by atoms with Gasteiger partial charge in [0.1, 0.15) is 11.9 Å². The molecular formula is C22H25N3O4. The van der Waals surface area contributed by atoms with Gasteiger partial charge in [-0.1, -0.05) is 12.1 Å². The van der Waals surface area contributed by atoms with Crippen molar-refractivity contribution in [2.45, 2.75) is 25.9 Å². The lowest BCUT2D eigenvalue weighted by Crippen LogP contribution is -2.37. The Morgan fingerprint density at radius 1 is 1.17 bits per heavy atom. The second-order valence-corrected chi connectivity index (χ2v) is 7.54. The first-order valence-corrected chi connectivity index (χ1v) is 9.87. The fourth-order valence-corrected chi connectivity index (χ4v) is 3.94. The van der Waals surface area contributed by atoms with Crippen molar-refractivity contribution in [2.75, 3.05) is 31.6 Å². The Balaban J connectivity index is 1.37. The van der Waals surface area contributed by atoms with Crippen molar-refractivity contribution in [3.8, 4) is 11.6 Å². The van der Waals surface area contributed by atoms with Crippen LogP contribution in [0.1, 0.15) is 18.5 Å². The van der Waals surface area contributed by atoms with E-state index < -0.39 is 0 Å². The van der Waals surface area contributed by atoms with Crippen molar-refractivity contribution >= 4 is 17.5 Å². The van der Waals surface area contributed by atoms with E-state index in [2.05, 4.69) is 4.98 Å². The topological polar surface area (TPSA) is 72.0 Å². The minimum Gasteiger partial charge on any atom is -0.497 e. The quantitative estimate of drug-likeness (QED) is 0.778. The summed E-state index contributed by atoms with van der Waals surface area (Å²) in [6, 6.07) is 13.0. The van der Waals surface area contributed by atoms with Gasteiger partial charge in [-0.05, 0) is 25.1 Å². The van der Waals surface area contributed by atoms with Crippen LogP contribution in [0.5, 0.6) is 11.6 Å². The van der Waals surface area contributed by atoms with E-state index in [1.165, 1.54) is 0 Å². The number of aryl methyl sites for hydroxylation is 1. The number of methoxy groups -OCH3 is 1. The van der Waals surface area contributed by atoms with Crippen LogP contribution in [-0.4, -0.2) is 54.5 Å². The van der Waals surface area contributed by atoms with Gasteiger partial charge in [0.25, 0.3) is 0 Å². The highest BCUT2D eigenvalue weighted by Gasteiger charge is 2.39. The molecule has 2 saturated heterocycles. The minimum atomic E-state index is -0.329. The lowest BCUT2D eigenvalue weighted by atomic mass is 10.1. The van der Waals surface area contributed by atoms with E-state index in [9.17, 15) is 9.59 Å². The van der Waals surface area contributed by atoms with Gasteiger partial charge in [0.2, 0.25) is 17.7 Å². The largest absolute Gasteiger partial charge is 0.497 e. The lowest BCUT2D eigenvalue weighted by molar-refractivity contribution is -0.135. The molecule has 0 saturated carbocycles. The summed E-state index contributed by atoms with van der Waals surface area (Å²) in [6.07, 6.45) is 0.930. The van der Waals surface area contributed by atoms with Crippen LogP contribution in [0.15, 0.2) is 42.5 Å². The van der Waals surface area contributed by atoms with E-state index >= 15 is 0 Å². The molecule has 4 rings (SSSR count). The van der Waals surface area contributed by atoms with Gasteiger partial charge in [-0.15, -0.1) is 0 Å². The van der Waals surface area contributed by atoms with Crippen LogP contribution < -0.4 is 14.4 Å². The first kappa shape index (κ1) is 19.2. The van der Waals surface area contributed by atoms with Crippen molar-refractivity contribution in [3.05, 3.63) is 48.2 Å². The molecule has 0 N–H and O–H groups in total. The molecule has 7 heteroatoms. The zero-order chi connectivity index (χ0) is 20.4. The molecular weight excluding hydrogens is 370 g/mol. The number of nitrogens with zero attached hydrogens (tertiary/aromatic N) is 3. The van der Waals surface area contributed by atoms with Crippen LogP contribution >= 0.6 is 0 Å². The molecule has 7 nitrogen and oxygen atoms in total. The Hall–Kier alpha value is -3.09. The third-order valence-electron chi connectivity index (χ3n) is 5.45. The predicted octanol–water partition coefficient (Wildman–Crippen LogP) is 2.43. The van der Waals surface area contributed by atoms with E-state index in [0.717, 1.165) is 17.8 Å². The van der Waals surface area contributed by atoms with Crippen molar-refractivity contribution < 1.29 is 19.1 Å². The van der Waals surface area contributed by atoms with E-state index in [1.54, 1.807) is 12.0 Å². The molecule has 1 aromatic carbocycles. The molecule has 2 aliphatic rings. The number of hydrogen-bond donors (Lipinski definition) is 0. The molecule has 0 spiro atoms. The number of anilines is 1. The summed E-state index contributed by atoms with van der Waals surface area (Å²) in [6.45, 7) is 3.48. The summed E-state index contributed by atoms with van der Waals surface area (Å²) >= 11 is 0. The third kappa shape index (κ3) is 4.18. The van der Waals surface area contributed by atoms with Gasteiger partial charge in [-0.25, -0.2) is 4.98 Å². The van der Waals surface area contributed by atoms with Crippen LogP contribution in [0.3, 0.4) is 0 Å². The molecule has 2 unspecified atom stereocenters. The van der Waals surface area contributed by atoms with E-state index in [0.29, 0.717) is 31.3 Å². The highest BCUT2D eigenvalue weighted by molar-refractivity contribution is 6.00. The zero-order valence-electron chi connectivity index (χ0n) is 16.7. The first-order chi connectivity index (χ1) is 14.0. The number of pyridine rings is 1. The van der Waals surface area contributed by atoms with E-state index in [4.69, 9.17) is 9.47 Å². The van der Waals surface area contributed by atoms with Crippen molar-refractivity contribution in [3.63, 3.8) is 0 Å². The van der Waals surface area contributed by atoms with E-state index in [-0.39, 0.29) is 30.3 Å². The fraction of sp³-hybridized carbons (Fsp3) is 0.409. The number of carbonyl (C=O) groups is 2. The monoisotopic (exact) mass is 395 g/mol. The van der Waals surface area contributed by atoms with Gasteiger partial charge in [-0.3, -0.25) is 9.59 Å². The normalized spacial score (nSPS) is 21.5. The first-order valence-electron chi connectivity index (χ1n) is 9.87. The average molecular weight is 395 g/mol. The summed E-state index contributed by atoms with van der Waals surface area (Å²) < 4.78 is 11.2. The van der Waals surface area contributed by atoms with E-state index in [1.807, 2.05) is 54.3 Å². The number of rotatable bonds is 5. The minimum absolute atomic E-state index is 0.0204. The van der Waals surface area contributed by atoms with Crippen LogP contribution in [-0.2, 0) is 9.59 Å². The molecule has 152 valence electrons. The molecule has 29 heavy (non-hydrogen) atoms. The maximum absolute atomic E-state index is 13.0. The van der Waals surface area contributed by atoms with Gasteiger partial charge < -0.3 is 19.3 Å². The SMILES string of the molecule is COc1cccc(N2CC(C(=O)N3CCC(Oc4cccc(C)n4)C3)CC2=O)c1. The summed E-state index contributed by atoms with van der Waals surface area (Å²) in [7, 11) is 1.59. The molecule has 2 aliphatic heterocycles. The Morgan fingerprint density at radius 2 is 2.00 bits per heavy atom. The van der Waals surface area contributed by atoms with Gasteiger partial charge in [0.15, 0.2) is 0 Å². The third-order valence-corrected chi connectivity index (χ3v) is 5.45. The van der Waals surface area contributed by atoms with Gasteiger partial charge in [0.05, 0.1) is 19.6 Å². The number of aromatic nitrogens is 1. The highest BCUT2D eigenvalue weighted by Crippen LogP contribution is 2.29. The molecule has 2 fully saturated rings. The number of hydrogen-bond acceptors (Lipinski definition) is 5. The number of likely N-dealkylation sites (tertiary alicyclic amines) is 1. The zero-order valence-corrected chi connectivity index (χ0v) is 16.7. The molecule has 1 aromatic heterocycles. The van der Waals surface area contributed by atoms with Crippen molar-refractivity contribution in [1.82, 2.24) is 9.88 Å². The fourth-order valence-electron chi connectivity index (χ4n) is 3.94. The summed E-state index contributed by atoms with van der Waals surface area (Å²) in [4.78, 5) is 33.4. The summed E-state index contributed by atoms with van der Waals surface area (Å²) in [5, 5.41) is 0. The van der Waals surface area contributed by atoms with Crippen molar-refractivity contribution in [2.24, 2.45) is 5.92 Å². The van der Waals surface area contributed by atoms with Gasteiger partial charge >= 0.3 is 0 Å². The van der Waals surface area contributed by atoms with Gasteiger partial charge in [-0.2, -0.15) is 0 Å². The lowest BCUT2D eigenvalue weighted by Gasteiger charge is -2.21. The number of amides is 2. The molecule has 2 amide bonds. The number of carbonyl (C=O) groups excluding carboxylic acids is 2. The number of benzene rings is 1. The molecule has 0 radical (unpaired) electrons. The predicted molar refractivity (Wildman–Crippen MR) is 108 cm³/mol. The Kier molecular flexibility index (Phi) is 5.38. The second kappa shape index (κ2) is 8.11. The maximum atomic E-state index is 13.0. The molecule has 2 atom stereocenters. The molecule has 2 aromatic rings. The Morgan fingerprint density at radius 3 is 2.79 bits per heavy atom. The highest BCUT2D eigenvalue weighted by atomic mass is 16.5. The standard InChI is InChI=1S/C22H25N3O4/c1-15-5-3-8-20(23-15)29-19-9-10-24(14-19)22(27)16-11-21(26)25(13-16)17-6-4-7-18(12-17)28-2/h3-8,12,16,19H,9-11,13-14H2,1-2H3. The van der Waals surface area contributed by atoms with Crippen LogP contribution in [0, 0.1) is 12.8 Å². The smallest absolute Gasteiger partial charge is 0.228 e. The molecule has 0 aliphatic carbocycles. The summed E-state index contributed by atoms with van der Waals surface area (Å²) in [5.74, 6) is 0.933. The maximum Gasteiger partial charge on any atom is 0.228 e. The second-order valence-electron chi connectivity index (χ2n) is 7.54. The van der Waals surface area contributed by atoms with Crippen LogP contribution in [0.25, 0.3) is 0 Å².